The summed E-state index contributed by atoms with van der Waals surface area (Å²) in [6.45, 7) is 3.43. The molecule has 0 spiro atoms. The summed E-state index contributed by atoms with van der Waals surface area (Å²) in [5, 5.41) is 2.50. The topological polar surface area (TPSA) is 73.9 Å². The van der Waals surface area contributed by atoms with Crippen LogP contribution >= 0.6 is 0 Å². The standard InChI is InChI=1S/C14H17NO5/c1-4-5-15-13(16)9-20-14(17)10-6-11(18-2)8-12(7-10)19-3/h4,6-8H,1,5,9H2,2-3H3,(H,15,16). The van der Waals surface area contributed by atoms with Crippen LogP contribution < -0.4 is 14.8 Å². The lowest BCUT2D eigenvalue weighted by molar-refractivity contribution is -0.124. The van der Waals surface area contributed by atoms with Crippen LogP contribution in [0.25, 0.3) is 0 Å². The van der Waals surface area contributed by atoms with Crippen LogP contribution in [0, 0.1) is 0 Å². The Morgan fingerprint density at radius 1 is 1.20 bits per heavy atom. The van der Waals surface area contributed by atoms with Gasteiger partial charge in [0.1, 0.15) is 11.5 Å². The molecular formula is C14H17NO5. The molecule has 0 aliphatic heterocycles. The van der Waals surface area contributed by atoms with Crippen LogP contribution in [0.1, 0.15) is 10.4 Å². The number of carbonyl (C=O) groups is 2. The maximum Gasteiger partial charge on any atom is 0.338 e. The van der Waals surface area contributed by atoms with Crippen molar-refractivity contribution in [2.24, 2.45) is 0 Å². The molecule has 0 fully saturated rings. The van der Waals surface area contributed by atoms with E-state index in [1.807, 2.05) is 0 Å². The molecule has 1 amide bonds. The van der Waals surface area contributed by atoms with Crippen molar-refractivity contribution in [2.45, 2.75) is 0 Å². The van der Waals surface area contributed by atoms with Gasteiger partial charge in [-0.25, -0.2) is 4.79 Å². The lowest BCUT2D eigenvalue weighted by atomic mass is 10.2. The molecule has 20 heavy (non-hydrogen) atoms. The van der Waals surface area contributed by atoms with Crippen molar-refractivity contribution >= 4 is 11.9 Å². The fraction of sp³-hybridized carbons (Fsp3) is 0.286. The van der Waals surface area contributed by atoms with E-state index in [4.69, 9.17) is 14.2 Å². The smallest absolute Gasteiger partial charge is 0.338 e. The number of methoxy groups -OCH3 is 2. The molecule has 0 heterocycles. The van der Waals surface area contributed by atoms with Gasteiger partial charge in [-0.1, -0.05) is 6.08 Å². The Morgan fingerprint density at radius 3 is 2.30 bits per heavy atom. The van der Waals surface area contributed by atoms with Gasteiger partial charge in [0.05, 0.1) is 19.8 Å². The third kappa shape index (κ3) is 4.64. The largest absolute Gasteiger partial charge is 0.497 e. The first kappa shape index (κ1) is 15.6. The second-order valence-corrected chi connectivity index (χ2v) is 3.77. The van der Waals surface area contributed by atoms with Crippen molar-refractivity contribution in [3.8, 4) is 11.5 Å². The second-order valence-electron chi connectivity index (χ2n) is 3.77. The Bertz CT molecular complexity index is 476. The Labute approximate surface area is 117 Å². The van der Waals surface area contributed by atoms with Gasteiger partial charge in [0, 0.05) is 12.6 Å². The highest BCUT2D eigenvalue weighted by molar-refractivity contribution is 5.92. The summed E-state index contributed by atoms with van der Waals surface area (Å²) in [5.74, 6) is -0.0936. The molecule has 0 aromatic heterocycles. The van der Waals surface area contributed by atoms with Crippen LogP contribution in [-0.2, 0) is 9.53 Å². The predicted molar refractivity (Wildman–Crippen MR) is 73.0 cm³/mol. The van der Waals surface area contributed by atoms with E-state index in [0.29, 0.717) is 18.0 Å². The summed E-state index contributed by atoms with van der Waals surface area (Å²) < 4.78 is 15.0. The Morgan fingerprint density at radius 2 is 1.80 bits per heavy atom. The number of amides is 1. The average Bonchev–Trinajstić information content (AvgIpc) is 2.49. The highest BCUT2D eigenvalue weighted by Crippen LogP contribution is 2.22. The van der Waals surface area contributed by atoms with Gasteiger partial charge in [-0.3, -0.25) is 4.79 Å². The first-order chi connectivity index (χ1) is 9.60. The van der Waals surface area contributed by atoms with E-state index in [-0.39, 0.29) is 12.2 Å². The number of hydrogen-bond donors (Lipinski definition) is 1. The summed E-state index contributed by atoms with van der Waals surface area (Å²) in [7, 11) is 2.96. The third-order valence-electron chi connectivity index (χ3n) is 2.37. The fourth-order valence-corrected chi connectivity index (χ4v) is 1.38. The average molecular weight is 279 g/mol. The quantitative estimate of drug-likeness (QED) is 0.599. The molecular weight excluding hydrogens is 262 g/mol. The van der Waals surface area contributed by atoms with Gasteiger partial charge in [0.15, 0.2) is 6.61 Å². The number of hydrogen-bond acceptors (Lipinski definition) is 5. The van der Waals surface area contributed by atoms with E-state index in [9.17, 15) is 9.59 Å². The van der Waals surface area contributed by atoms with Crippen LogP contribution in [0.15, 0.2) is 30.9 Å². The molecule has 0 bridgehead atoms. The molecule has 0 aliphatic carbocycles. The van der Waals surface area contributed by atoms with E-state index in [1.165, 1.54) is 32.4 Å². The molecule has 108 valence electrons. The molecule has 0 radical (unpaired) electrons. The minimum Gasteiger partial charge on any atom is -0.497 e. The number of esters is 1. The van der Waals surface area contributed by atoms with E-state index in [1.54, 1.807) is 6.07 Å². The number of benzene rings is 1. The molecule has 0 unspecified atom stereocenters. The predicted octanol–water partition coefficient (Wildman–Crippen LogP) is 1.16. The van der Waals surface area contributed by atoms with Crippen LogP contribution in [0.4, 0.5) is 0 Å². The lowest BCUT2D eigenvalue weighted by Crippen LogP contribution is -2.28. The van der Waals surface area contributed by atoms with Gasteiger partial charge in [-0.05, 0) is 12.1 Å². The Kier molecular flexibility index (Phi) is 6.09. The van der Waals surface area contributed by atoms with E-state index in [0.717, 1.165) is 0 Å². The molecule has 1 rings (SSSR count). The summed E-state index contributed by atoms with van der Waals surface area (Å²) in [4.78, 5) is 23.1. The van der Waals surface area contributed by atoms with Gasteiger partial charge >= 0.3 is 5.97 Å². The van der Waals surface area contributed by atoms with Crippen LogP contribution in [0.3, 0.4) is 0 Å². The minimum absolute atomic E-state index is 0.248. The van der Waals surface area contributed by atoms with Crippen LogP contribution in [-0.4, -0.2) is 39.2 Å². The number of rotatable bonds is 7. The highest BCUT2D eigenvalue weighted by atomic mass is 16.5. The molecule has 6 heteroatoms. The highest BCUT2D eigenvalue weighted by Gasteiger charge is 2.12. The van der Waals surface area contributed by atoms with Gasteiger partial charge in [-0.15, -0.1) is 6.58 Å². The molecule has 1 N–H and O–H groups in total. The van der Waals surface area contributed by atoms with Gasteiger partial charge < -0.3 is 19.5 Å². The molecule has 0 aliphatic rings. The lowest BCUT2D eigenvalue weighted by Gasteiger charge is -2.08. The zero-order valence-corrected chi connectivity index (χ0v) is 11.5. The monoisotopic (exact) mass is 279 g/mol. The van der Waals surface area contributed by atoms with Crippen LogP contribution in [0.2, 0.25) is 0 Å². The molecule has 0 atom stereocenters. The molecule has 0 saturated heterocycles. The van der Waals surface area contributed by atoms with Gasteiger partial charge in [0.25, 0.3) is 5.91 Å². The van der Waals surface area contributed by atoms with Crippen molar-refractivity contribution in [2.75, 3.05) is 27.4 Å². The summed E-state index contributed by atoms with van der Waals surface area (Å²) in [6, 6.07) is 4.65. The molecule has 0 saturated carbocycles. The summed E-state index contributed by atoms with van der Waals surface area (Å²) in [5.41, 5.74) is 0.248. The Hall–Kier alpha value is -2.50. The number of nitrogens with one attached hydrogen (secondary N) is 1. The van der Waals surface area contributed by atoms with Crippen molar-refractivity contribution in [1.82, 2.24) is 5.32 Å². The third-order valence-corrected chi connectivity index (χ3v) is 2.37. The molecule has 6 nitrogen and oxygen atoms in total. The van der Waals surface area contributed by atoms with Crippen molar-refractivity contribution in [1.29, 1.82) is 0 Å². The zero-order chi connectivity index (χ0) is 15.0. The normalized spacial score (nSPS) is 9.50. The molecule has 1 aromatic carbocycles. The first-order valence-corrected chi connectivity index (χ1v) is 5.88. The van der Waals surface area contributed by atoms with Gasteiger partial charge in [-0.2, -0.15) is 0 Å². The summed E-state index contributed by atoms with van der Waals surface area (Å²) >= 11 is 0. The fourth-order valence-electron chi connectivity index (χ4n) is 1.38. The maximum atomic E-state index is 11.8. The second kappa shape index (κ2) is 7.83. The van der Waals surface area contributed by atoms with Crippen molar-refractivity contribution < 1.29 is 23.8 Å². The van der Waals surface area contributed by atoms with Crippen LogP contribution in [0.5, 0.6) is 11.5 Å². The maximum absolute atomic E-state index is 11.8. The first-order valence-electron chi connectivity index (χ1n) is 5.88. The Balaban J connectivity index is 2.67. The van der Waals surface area contributed by atoms with Crippen molar-refractivity contribution in [3.63, 3.8) is 0 Å². The minimum atomic E-state index is -0.629. The number of carbonyl (C=O) groups excluding carboxylic acids is 2. The number of ether oxygens (including phenoxy) is 3. The van der Waals surface area contributed by atoms with E-state index < -0.39 is 11.9 Å². The SMILES string of the molecule is C=CCNC(=O)COC(=O)c1cc(OC)cc(OC)c1. The summed E-state index contributed by atoms with van der Waals surface area (Å²) in [6.07, 6.45) is 1.53. The zero-order valence-electron chi connectivity index (χ0n) is 11.5. The van der Waals surface area contributed by atoms with Gasteiger partial charge in [0.2, 0.25) is 0 Å². The van der Waals surface area contributed by atoms with Crippen molar-refractivity contribution in [3.05, 3.63) is 36.4 Å². The molecule has 1 aromatic rings. The van der Waals surface area contributed by atoms with E-state index in [2.05, 4.69) is 11.9 Å². The van der Waals surface area contributed by atoms with E-state index >= 15 is 0 Å².